The number of primary amides is 1. The van der Waals surface area contributed by atoms with Gasteiger partial charge in [0.25, 0.3) is 5.56 Å². The van der Waals surface area contributed by atoms with Gasteiger partial charge < -0.3 is 15.6 Å². The molecule has 0 saturated carbocycles. The summed E-state index contributed by atoms with van der Waals surface area (Å²) in [5.41, 5.74) is 6.99. The Labute approximate surface area is 209 Å². The van der Waals surface area contributed by atoms with Crippen LogP contribution in [-0.4, -0.2) is 28.2 Å². The molecule has 0 saturated heterocycles. The van der Waals surface area contributed by atoms with E-state index in [0.717, 1.165) is 17.7 Å². The van der Waals surface area contributed by atoms with Crippen LogP contribution in [-0.2, 0) is 17.9 Å². The lowest BCUT2D eigenvalue weighted by atomic mass is 10.1. The van der Waals surface area contributed by atoms with Crippen LogP contribution in [0.3, 0.4) is 0 Å². The number of rotatable bonds is 9. The number of ether oxygens (including phenoxy) is 1. The van der Waals surface area contributed by atoms with Crippen LogP contribution in [0.1, 0.15) is 16.8 Å². The van der Waals surface area contributed by atoms with Crippen molar-refractivity contribution in [2.24, 2.45) is 5.73 Å². The molecular formula is C23H23BrClF2N3O4. The third kappa shape index (κ3) is 6.41. The summed E-state index contributed by atoms with van der Waals surface area (Å²) >= 11 is 3.25. The molecule has 0 radical (unpaired) electrons. The highest BCUT2D eigenvalue weighted by Crippen LogP contribution is 2.25. The zero-order valence-electron chi connectivity index (χ0n) is 18.1. The zero-order valence-corrected chi connectivity index (χ0v) is 20.5. The fraction of sp³-hybridized carbons (Fsp3) is 0.217. The number of aromatic nitrogens is 1. The van der Waals surface area contributed by atoms with E-state index < -0.39 is 30.2 Å². The number of aryl methyl sites for hydroxylation is 1. The number of amides is 1. The highest BCUT2D eigenvalue weighted by molar-refractivity contribution is 9.10. The van der Waals surface area contributed by atoms with Crippen LogP contribution in [0.25, 0.3) is 5.69 Å². The van der Waals surface area contributed by atoms with E-state index in [9.17, 15) is 18.4 Å². The molecule has 2 aromatic carbocycles. The van der Waals surface area contributed by atoms with Crippen LogP contribution in [0.2, 0.25) is 0 Å². The van der Waals surface area contributed by atoms with Gasteiger partial charge in [-0.1, -0.05) is 12.1 Å². The van der Waals surface area contributed by atoms with Gasteiger partial charge in [0, 0.05) is 35.6 Å². The number of carbonyl (C=O) groups is 1. The number of pyridine rings is 1. The first-order valence-corrected chi connectivity index (χ1v) is 10.7. The van der Waals surface area contributed by atoms with Crippen molar-refractivity contribution in [2.75, 3.05) is 6.61 Å². The molecule has 3 aromatic rings. The summed E-state index contributed by atoms with van der Waals surface area (Å²) in [5.74, 6) is -1.82. The second-order valence-corrected chi connectivity index (χ2v) is 8.11. The highest BCUT2D eigenvalue weighted by Gasteiger charge is 2.15. The van der Waals surface area contributed by atoms with Crippen LogP contribution in [0.5, 0.6) is 5.75 Å². The SMILES string of the molecule is Cc1cc(OCc2ccc(F)cc2F)c(Br)c(=O)n1-c1ccc(CNC(CO)C(N)=O)cc1.Cl. The summed E-state index contributed by atoms with van der Waals surface area (Å²) in [4.78, 5) is 24.2. The molecule has 34 heavy (non-hydrogen) atoms. The summed E-state index contributed by atoms with van der Waals surface area (Å²) in [6, 6.07) is 11.0. The normalized spacial score (nSPS) is 11.6. The molecule has 0 aliphatic heterocycles. The van der Waals surface area contributed by atoms with E-state index in [0.29, 0.717) is 17.9 Å². The van der Waals surface area contributed by atoms with Crippen molar-refractivity contribution in [2.45, 2.75) is 26.1 Å². The fourth-order valence-corrected chi connectivity index (χ4v) is 3.57. The zero-order chi connectivity index (χ0) is 24.1. The molecule has 182 valence electrons. The van der Waals surface area contributed by atoms with Crippen LogP contribution >= 0.6 is 28.3 Å². The Bertz CT molecular complexity index is 1220. The van der Waals surface area contributed by atoms with Crippen molar-refractivity contribution in [3.05, 3.63) is 91.8 Å². The average Bonchev–Trinajstić information content (AvgIpc) is 2.77. The number of carbonyl (C=O) groups excluding carboxylic acids is 1. The Morgan fingerprint density at radius 3 is 2.47 bits per heavy atom. The first-order chi connectivity index (χ1) is 15.7. The topological polar surface area (TPSA) is 107 Å². The minimum Gasteiger partial charge on any atom is -0.487 e. The van der Waals surface area contributed by atoms with E-state index in [2.05, 4.69) is 21.2 Å². The van der Waals surface area contributed by atoms with E-state index in [4.69, 9.17) is 15.6 Å². The van der Waals surface area contributed by atoms with Crippen molar-refractivity contribution in [3.8, 4) is 11.4 Å². The van der Waals surface area contributed by atoms with Crippen LogP contribution in [0.4, 0.5) is 8.78 Å². The molecule has 0 fully saturated rings. The number of nitrogens with two attached hydrogens (primary N) is 1. The Hall–Kier alpha value is -2.79. The quantitative estimate of drug-likeness (QED) is 0.374. The summed E-state index contributed by atoms with van der Waals surface area (Å²) in [6.07, 6.45) is 0. The predicted molar refractivity (Wildman–Crippen MR) is 129 cm³/mol. The molecule has 11 heteroatoms. The minimum atomic E-state index is -0.846. The Morgan fingerprint density at radius 2 is 1.88 bits per heavy atom. The van der Waals surface area contributed by atoms with Gasteiger partial charge in [-0.25, -0.2) is 8.78 Å². The Kier molecular flexibility index (Phi) is 9.75. The summed E-state index contributed by atoms with van der Waals surface area (Å²) < 4.78 is 34.2. The molecule has 1 amide bonds. The molecule has 4 N–H and O–H groups in total. The second-order valence-electron chi connectivity index (χ2n) is 7.31. The summed E-state index contributed by atoms with van der Waals surface area (Å²) in [6.45, 7) is 1.46. The molecule has 0 bridgehead atoms. The van der Waals surface area contributed by atoms with Crippen LogP contribution < -0.4 is 21.3 Å². The van der Waals surface area contributed by atoms with Gasteiger partial charge in [0.2, 0.25) is 5.91 Å². The molecule has 3 rings (SSSR count). The second kappa shape index (κ2) is 12.1. The van der Waals surface area contributed by atoms with Gasteiger partial charge in [-0.2, -0.15) is 0 Å². The average molecular weight is 559 g/mol. The minimum absolute atomic E-state index is 0. The Balaban J connectivity index is 0.00000408. The van der Waals surface area contributed by atoms with Gasteiger partial charge in [-0.3, -0.25) is 19.5 Å². The first kappa shape index (κ1) is 27.5. The number of halogens is 4. The van der Waals surface area contributed by atoms with Crippen molar-refractivity contribution in [3.63, 3.8) is 0 Å². The van der Waals surface area contributed by atoms with Crippen LogP contribution in [0, 0.1) is 18.6 Å². The molecule has 0 aliphatic carbocycles. The highest BCUT2D eigenvalue weighted by atomic mass is 79.9. The lowest BCUT2D eigenvalue weighted by Crippen LogP contribution is -2.43. The van der Waals surface area contributed by atoms with E-state index >= 15 is 0 Å². The first-order valence-electron chi connectivity index (χ1n) is 9.93. The lowest BCUT2D eigenvalue weighted by molar-refractivity contribution is -0.120. The van der Waals surface area contributed by atoms with E-state index in [1.54, 1.807) is 37.3 Å². The number of nitrogens with one attached hydrogen (secondary N) is 1. The largest absolute Gasteiger partial charge is 0.487 e. The van der Waals surface area contributed by atoms with Gasteiger partial charge in [0.15, 0.2) is 0 Å². The third-order valence-corrected chi connectivity index (χ3v) is 5.70. The molecular weight excluding hydrogens is 536 g/mol. The molecule has 1 aromatic heterocycles. The van der Waals surface area contributed by atoms with Gasteiger partial charge in [-0.15, -0.1) is 12.4 Å². The number of aliphatic hydroxyl groups is 1. The smallest absolute Gasteiger partial charge is 0.273 e. The number of benzene rings is 2. The number of hydrogen-bond donors (Lipinski definition) is 3. The fourth-order valence-electron chi connectivity index (χ4n) is 3.16. The standard InChI is InChI=1S/C23H22BrF2N3O4.ClH/c1-13-8-20(33-12-15-4-5-16(25)9-18(15)26)21(24)23(32)29(13)17-6-2-14(3-7-17)10-28-19(11-30)22(27)31;/h2-9,19,28,30H,10-12H2,1H3,(H2,27,31);1H. The van der Waals surface area contributed by atoms with Gasteiger partial charge in [0.1, 0.15) is 34.5 Å². The molecule has 1 atom stereocenters. The molecule has 7 nitrogen and oxygen atoms in total. The van der Waals surface area contributed by atoms with E-state index in [1.807, 2.05) is 0 Å². The third-order valence-electron chi connectivity index (χ3n) is 4.97. The van der Waals surface area contributed by atoms with Crippen LogP contribution in [0.15, 0.2) is 57.8 Å². The monoisotopic (exact) mass is 557 g/mol. The predicted octanol–water partition coefficient (Wildman–Crippen LogP) is 3.12. The maximum absolute atomic E-state index is 13.9. The summed E-state index contributed by atoms with van der Waals surface area (Å²) in [7, 11) is 0. The Morgan fingerprint density at radius 1 is 1.21 bits per heavy atom. The van der Waals surface area contributed by atoms with Gasteiger partial charge in [-0.05, 0) is 52.7 Å². The maximum Gasteiger partial charge on any atom is 0.273 e. The van der Waals surface area contributed by atoms with Crippen molar-refractivity contribution < 1.29 is 23.4 Å². The van der Waals surface area contributed by atoms with Gasteiger partial charge in [0.05, 0.1) is 6.61 Å². The maximum atomic E-state index is 13.9. The molecule has 1 unspecified atom stereocenters. The molecule has 0 aliphatic rings. The number of nitrogens with zero attached hydrogens (tertiary/aromatic N) is 1. The lowest BCUT2D eigenvalue weighted by Gasteiger charge is -2.16. The van der Waals surface area contributed by atoms with Crippen molar-refractivity contribution >= 4 is 34.2 Å². The molecule has 0 spiro atoms. The number of aliphatic hydroxyl groups excluding tert-OH is 1. The molecule has 1 heterocycles. The van der Waals surface area contributed by atoms with E-state index in [1.165, 1.54) is 10.6 Å². The van der Waals surface area contributed by atoms with Crippen molar-refractivity contribution in [1.29, 1.82) is 0 Å². The summed E-state index contributed by atoms with van der Waals surface area (Å²) in [5, 5.41) is 12.0. The van der Waals surface area contributed by atoms with Crippen molar-refractivity contribution in [1.82, 2.24) is 9.88 Å². The van der Waals surface area contributed by atoms with E-state index in [-0.39, 0.29) is 40.4 Å². The van der Waals surface area contributed by atoms with Gasteiger partial charge >= 0.3 is 0 Å². The number of hydrogen-bond acceptors (Lipinski definition) is 5.